The Bertz CT molecular complexity index is 1220. The molecular weight excluding hydrogens is 416 g/mol. The van der Waals surface area contributed by atoms with Gasteiger partial charge in [-0.15, -0.1) is 0 Å². The summed E-state index contributed by atoms with van der Waals surface area (Å²) in [6.07, 6.45) is 6.37. The van der Waals surface area contributed by atoms with Crippen LogP contribution in [0.15, 0.2) is 30.7 Å². The van der Waals surface area contributed by atoms with Crippen LogP contribution in [0.3, 0.4) is 0 Å². The lowest BCUT2D eigenvalue weighted by atomic mass is 10.1. The van der Waals surface area contributed by atoms with Crippen LogP contribution in [0.25, 0.3) is 16.7 Å². The monoisotopic (exact) mass is 440 g/mol. The third-order valence-corrected chi connectivity index (χ3v) is 6.39. The fourth-order valence-electron chi connectivity index (χ4n) is 4.09. The second-order valence-electron chi connectivity index (χ2n) is 7.97. The quantitative estimate of drug-likeness (QED) is 0.360. The number of hydrogen-bond donors (Lipinski definition) is 4. The fourth-order valence-corrected chi connectivity index (χ4v) is 4.75. The molecule has 31 heavy (non-hydrogen) atoms. The molecule has 11 heteroatoms. The molecule has 0 aromatic carbocycles. The molecule has 1 saturated carbocycles. The smallest absolute Gasteiger partial charge is 0.230 e. The van der Waals surface area contributed by atoms with Crippen molar-refractivity contribution in [3.05, 3.63) is 36.4 Å². The Morgan fingerprint density at radius 2 is 2.16 bits per heavy atom. The molecule has 0 radical (unpaired) electrons. The van der Waals surface area contributed by atoms with Gasteiger partial charge in [0.25, 0.3) is 0 Å². The van der Waals surface area contributed by atoms with Crippen molar-refractivity contribution in [1.82, 2.24) is 28.7 Å². The molecule has 0 saturated heterocycles. The Kier molecular flexibility index (Phi) is 5.08. The van der Waals surface area contributed by atoms with Crippen molar-refractivity contribution < 1.29 is 10.2 Å². The summed E-state index contributed by atoms with van der Waals surface area (Å²) in [5.74, 6) is 1.01. The van der Waals surface area contributed by atoms with E-state index in [9.17, 15) is 10.2 Å². The van der Waals surface area contributed by atoms with Crippen molar-refractivity contribution >= 4 is 39.3 Å². The Morgan fingerprint density at radius 3 is 2.84 bits per heavy atom. The lowest BCUT2D eigenvalue weighted by Gasteiger charge is -2.16. The van der Waals surface area contributed by atoms with Crippen LogP contribution in [0.2, 0.25) is 0 Å². The topological polar surface area (TPSA) is 126 Å². The summed E-state index contributed by atoms with van der Waals surface area (Å²) in [4.78, 5) is 9.46. The fraction of sp³-hybridized carbons (Fsp3) is 0.400. The first-order valence-electron chi connectivity index (χ1n) is 10.1. The molecule has 4 aromatic rings. The van der Waals surface area contributed by atoms with Crippen molar-refractivity contribution in [2.45, 2.75) is 31.9 Å². The molecule has 0 spiro atoms. The van der Waals surface area contributed by atoms with Crippen LogP contribution in [-0.4, -0.2) is 57.7 Å². The van der Waals surface area contributed by atoms with Gasteiger partial charge in [-0.05, 0) is 43.4 Å². The van der Waals surface area contributed by atoms with Gasteiger partial charge < -0.3 is 25.4 Å². The summed E-state index contributed by atoms with van der Waals surface area (Å²) in [5.41, 5.74) is 3.45. The van der Waals surface area contributed by atoms with E-state index in [0.717, 1.165) is 27.4 Å². The van der Waals surface area contributed by atoms with E-state index in [2.05, 4.69) is 20.1 Å². The standard InChI is InChI=1S/C20H24N8O2S/c1-11-5-17(31-26-11)24-20-23-15-3-4-28(14-8-21-27(2)9-14)18(15)19(25-20)22-13-6-12(10-29)16(30)7-13/h3-5,8-9,12-13,16,29-30H,6-7,10H2,1-2H3,(H2,22,23,24,25)/t12-,13-,16+/m1/s1. The van der Waals surface area contributed by atoms with Crippen molar-refractivity contribution in [1.29, 1.82) is 0 Å². The van der Waals surface area contributed by atoms with Gasteiger partial charge in [0.05, 0.1) is 29.2 Å². The number of aliphatic hydroxyl groups excluding tert-OH is 2. The summed E-state index contributed by atoms with van der Waals surface area (Å²) in [7, 11) is 1.87. The first kappa shape index (κ1) is 19.9. The molecule has 10 nitrogen and oxygen atoms in total. The molecule has 3 atom stereocenters. The van der Waals surface area contributed by atoms with E-state index < -0.39 is 6.10 Å². The average molecular weight is 441 g/mol. The van der Waals surface area contributed by atoms with Gasteiger partial charge in [0.15, 0.2) is 5.82 Å². The van der Waals surface area contributed by atoms with Gasteiger partial charge in [-0.1, -0.05) is 0 Å². The highest BCUT2D eigenvalue weighted by atomic mass is 32.1. The maximum atomic E-state index is 10.2. The molecule has 1 fully saturated rings. The second kappa shape index (κ2) is 7.91. The molecule has 4 heterocycles. The van der Waals surface area contributed by atoms with Crippen LogP contribution in [0, 0.1) is 12.8 Å². The van der Waals surface area contributed by atoms with Gasteiger partial charge in [0, 0.05) is 38.0 Å². The van der Waals surface area contributed by atoms with E-state index in [1.165, 1.54) is 11.5 Å². The molecule has 0 aliphatic heterocycles. The van der Waals surface area contributed by atoms with Crippen molar-refractivity contribution in [3.63, 3.8) is 0 Å². The SMILES string of the molecule is Cc1cc(Nc2nc(N[C@@H]3C[C@H](CO)[C@@H](O)C3)c3c(ccn3-c3cnn(C)c3)n2)sn1. The molecule has 162 valence electrons. The highest BCUT2D eigenvalue weighted by molar-refractivity contribution is 7.10. The maximum Gasteiger partial charge on any atom is 0.230 e. The summed E-state index contributed by atoms with van der Waals surface area (Å²) in [6, 6.07) is 3.89. The zero-order chi connectivity index (χ0) is 21.5. The third-order valence-electron chi connectivity index (χ3n) is 5.60. The van der Waals surface area contributed by atoms with Gasteiger partial charge >= 0.3 is 0 Å². The van der Waals surface area contributed by atoms with Crippen LogP contribution < -0.4 is 10.6 Å². The lowest BCUT2D eigenvalue weighted by Crippen LogP contribution is -2.18. The average Bonchev–Trinajstić information content (AvgIpc) is 3.50. The highest BCUT2D eigenvalue weighted by Gasteiger charge is 2.33. The molecule has 0 unspecified atom stereocenters. The number of hydrogen-bond acceptors (Lipinski definition) is 9. The van der Waals surface area contributed by atoms with E-state index in [1.54, 1.807) is 10.9 Å². The molecular formula is C20H24N8O2S. The van der Waals surface area contributed by atoms with E-state index in [0.29, 0.717) is 24.6 Å². The molecule has 4 N–H and O–H groups in total. The maximum absolute atomic E-state index is 10.2. The van der Waals surface area contributed by atoms with Gasteiger partial charge in [-0.3, -0.25) is 4.68 Å². The molecule has 5 rings (SSSR count). The number of anilines is 3. The first-order valence-corrected chi connectivity index (χ1v) is 10.9. The van der Waals surface area contributed by atoms with Crippen LogP contribution in [0.1, 0.15) is 18.5 Å². The predicted molar refractivity (Wildman–Crippen MR) is 119 cm³/mol. The number of aryl methyl sites for hydroxylation is 2. The Labute approximate surface area is 182 Å². The second-order valence-corrected chi connectivity index (χ2v) is 8.77. The highest BCUT2D eigenvalue weighted by Crippen LogP contribution is 2.32. The van der Waals surface area contributed by atoms with Gasteiger partial charge in [-0.25, -0.2) is 4.98 Å². The van der Waals surface area contributed by atoms with Gasteiger partial charge in [0.1, 0.15) is 10.5 Å². The van der Waals surface area contributed by atoms with Crippen molar-refractivity contribution in [2.75, 3.05) is 17.2 Å². The Hall–Kier alpha value is -3.02. The zero-order valence-corrected chi connectivity index (χ0v) is 18.0. The lowest BCUT2D eigenvalue weighted by molar-refractivity contribution is 0.0908. The minimum absolute atomic E-state index is 0.000923. The number of nitrogens with zero attached hydrogens (tertiary/aromatic N) is 6. The Balaban J connectivity index is 1.55. The third kappa shape index (κ3) is 3.87. The van der Waals surface area contributed by atoms with E-state index >= 15 is 0 Å². The first-order chi connectivity index (χ1) is 15.0. The van der Waals surface area contributed by atoms with E-state index in [-0.39, 0.29) is 18.6 Å². The van der Waals surface area contributed by atoms with Crippen LogP contribution in [0.4, 0.5) is 16.8 Å². The predicted octanol–water partition coefficient (Wildman–Crippen LogP) is 2.21. The summed E-state index contributed by atoms with van der Waals surface area (Å²) in [6.45, 7) is 1.91. The van der Waals surface area contributed by atoms with Gasteiger partial charge in [-0.2, -0.15) is 14.5 Å². The largest absolute Gasteiger partial charge is 0.396 e. The molecule has 4 aromatic heterocycles. The summed E-state index contributed by atoms with van der Waals surface area (Å²) >= 11 is 1.36. The minimum atomic E-state index is -0.525. The number of fused-ring (bicyclic) bond motifs is 1. The van der Waals surface area contributed by atoms with Crippen LogP contribution in [-0.2, 0) is 7.05 Å². The number of rotatable bonds is 6. The molecule has 0 amide bonds. The minimum Gasteiger partial charge on any atom is -0.396 e. The van der Waals surface area contributed by atoms with Gasteiger partial charge in [0.2, 0.25) is 5.95 Å². The summed E-state index contributed by atoms with van der Waals surface area (Å²) in [5, 5.41) is 31.6. The van der Waals surface area contributed by atoms with E-state index in [1.807, 2.05) is 43.1 Å². The number of nitrogens with one attached hydrogen (secondary N) is 2. The van der Waals surface area contributed by atoms with Crippen LogP contribution >= 0.6 is 11.5 Å². The zero-order valence-electron chi connectivity index (χ0n) is 17.2. The molecule has 0 bridgehead atoms. The molecule has 1 aliphatic rings. The molecule has 1 aliphatic carbocycles. The van der Waals surface area contributed by atoms with Crippen molar-refractivity contribution in [2.24, 2.45) is 13.0 Å². The van der Waals surface area contributed by atoms with Crippen molar-refractivity contribution in [3.8, 4) is 5.69 Å². The Morgan fingerprint density at radius 1 is 1.29 bits per heavy atom. The summed E-state index contributed by atoms with van der Waals surface area (Å²) < 4.78 is 8.04. The van der Waals surface area contributed by atoms with E-state index in [4.69, 9.17) is 9.97 Å². The normalized spacial score (nSPS) is 21.1. The number of aliphatic hydroxyl groups is 2. The number of aromatic nitrogens is 6. The van der Waals surface area contributed by atoms with Crippen LogP contribution in [0.5, 0.6) is 0 Å².